The SMILES string of the molecule is COC(=O)C1=C(C)NC2=C(C(=O)C[C@@H](c3ccccc3OC)C2)[C@H]1c1ccc(F)cc1. The van der Waals surface area contributed by atoms with E-state index in [0.29, 0.717) is 35.2 Å². The number of carbonyl (C=O) groups is 2. The second-order valence-corrected chi connectivity index (χ2v) is 7.80. The molecular formula is C25H24FNO4. The van der Waals surface area contributed by atoms with Crippen LogP contribution in [0.5, 0.6) is 5.75 Å². The van der Waals surface area contributed by atoms with Gasteiger partial charge in [-0.2, -0.15) is 0 Å². The van der Waals surface area contributed by atoms with Crippen LogP contribution >= 0.6 is 0 Å². The lowest BCUT2D eigenvalue weighted by Gasteiger charge is -2.36. The Hall–Kier alpha value is -3.41. The van der Waals surface area contributed by atoms with E-state index in [9.17, 15) is 14.0 Å². The molecule has 0 bridgehead atoms. The van der Waals surface area contributed by atoms with Gasteiger partial charge in [0.1, 0.15) is 11.6 Å². The number of Topliss-reactive ketones (excluding diaryl/α,β-unsaturated/α-hetero) is 1. The lowest BCUT2D eigenvalue weighted by molar-refractivity contribution is -0.136. The molecular weight excluding hydrogens is 397 g/mol. The molecule has 2 aliphatic rings. The Kier molecular flexibility index (Phi) is 5.63. The van der Waals surface area contributed by atoms with Crippen LogP contribution in [0.25, 0.3) is 0 Å². The first-order chi connectivity index (χ1) is 14.9. The summed E-state index contributed by atoms with van der Waals surface area (Å²) in [5, 5.41) is 3.29. The Bertz CT molecular complexity index is 1100. The predicted octanol–water partition coefficient (Wildman–Crippen LogP) is 4.37. The molecule has 0 saturated heterocycles. The van der Waals surface area contributed by atoms with Gasteiger partial charge in [-0.1, -0.05) is 30.3 Å². The van der Waals surface area contributed by atoms with E-state index in [0.717, 1.165) is 17.0 Å². The van der Waals surface area contributed by atoms with Gasteiger partial charge in [-0.05, 0) is 42.7 Å². The molecule has 6 heteroatoms. The Morgan fingerprint density at radius 1 is 1.06 bits per heavy atom. The molecule has 0 aromatic heterocycles. The number of methoxy groups -OCH3 is 2. The zero-order chi connectivity index (χ0) is 22.1. The Morgan fingerprint density at radius 2 is 1.77 bits per heavy atom. The van der Waals surface area contributed by atoms with Gasteiger partial charge in [-0.15, -0.1) is 0 Å². The van der Waals surface area contributed by atoms with Gasteiger partial charge >= 0.3 is 5.97 Å². The van der Waals surface area contributed by atoms with Gasteiger partial charge in [0.05, 0.1) is 19.8 Å². The van der Waals surface area contributed by atoms with Crippen LogP contribution in [-0.2, 0) is 14.3 Å². The van der Waals surface area contributed by atoms with Crippen molar-refractivity contribution in [1.82, 2.24) is 5.32 Å². The van der Waals surface area contributed by atoms with Crippen molar-refractivity contribution in [3.63, 3.8) is 0 Å². The number of dihydropyridines is 1. The van der Waals surface area contributed by atoms with Crippen molar-refractivity contribution < 1.29 is 23.5 Å². The van der Waals surface area contributed by atoms with Gasteiger partial charge < -0.3 is 14.8 Å². The van der Waals surface area contributed by atoms with Crippen molar-refractivity contribution in [2.75, 3.05) is 14.2 Å². The number of rotatable bonds is 4. The number of carbonyl (C=O) groups excluding carboxylic acids is 2. The molecule has 2 atom stereocenters. The van der Waals surface area contributed by atoms with Gasteiger partial charge in [-0.3, -0.25) is 4.79 Å². The molecule has 2 aromatic rings. The van der Waals surface area contributed by atoms with Crippen LogP contribution in [0.4, 0.5) is 4.39 Å². The fourth-order valence-corrected chi connectivity index (χ4v) is 4.63. The molecule has 0 radical (unpaired) electrons. The van der Waals surface area contributed by atoms with E-state index in [2.05, 4.69) is 5.32 Å². The van der Waals surface area contributed by atoms with E-state index in [4.69, 9.17) is 9.47 Å². The fraction of sp³-hybridized carbons (Fsp3) is 0.280. The highest BCUT2D eigenvalue weighted by Gasteiger charge is 2.41. The molecule has 31 heavy (non-hydrogen) atoms. The van der Waals surface area contributed by atoms with Crippen LogP contribution in [0.2, 0.25) is 0 Å². The third-order valence-electron chi connectivity index (χ3n) is 6.01. The quantitative estimate of drug-likeness (QED) is 0.743. The summed E-state index contributed by atoms with van der Waals surface area (Å²) in [6.07, 6.45) is 0.900. The topological polar surface area (TPSA) is 64.6 Å². The first-order valence-electron chi connectivity index (χ1n) is 10.1. The first-order valence-corrected chi connectivity index (χ1v) is 10.1. The molecule has 1 N–H and O–H groups in total. The average molecular weight is 421 g/mol. The van der Waals surface area contributed by atoms with E-state index in [-0.39, 0.29) is 17.5 Å². The van der Waals surface area contributed by atoms with E-state index in [1.54, 1.807) is 26.2 Å². The highest BCUT2D eigenvalue weighted by atomic mass is 19.1. The van der Waals surface area contributed by atoms with Crippen LogP contribution in [0.15, 0.2) is 71.1 Å². The molecule has 0 fully saturated rings. The second-order valence-electron chi connectivity index (χ2n) is 7.80. The van der Waals surface area contributed by atoms with Crippen molar-refractivity contribution in [3.8, 4) is 5.75 Å². The van der Waals surface area contributed by atoms with Crippen molar-refractivity contribution >= 4 is 11.8 Å². The van der Waals surface area contributed by atoms with E-state index >= 15 is 0 Å². The molecule has 160 valence electrons. The highest BCUT2D eigenvalue weighted by molar-refractivity contribution is 6.04. The van der Waals surface area contributed by atoms with Crippen LogP contribution in [0, 0.1) is 5.82 Å². The number of esters is 1. The molecule has 5 nitrogen and oxygen atoms in total. The van der Waals surface area contributed by atoms with Crippen molar-refractivity contribution in [3.05, 3.63) is 88.0 Å². The third kappa shape index (κ3) is 3.74. The minimum atomic E-state index is -0.601. The van der Waals surface area contributed by atoms with Gasteiger partial charge in [0.15, 0.2) is 5.78 Å². The molecule has 0 spiro atoms. The van der Waals surface area contributed by atoms with Crippen molar-refractivity contribution in [1.29, 1.82) is 0 Å². The van der Waals surface area contributed by atoms with E-state index in [1.807, 2.05) is 24.3 Å². The van der Waals surface area contributed by atoms with Crippen LogP contribution in [0.3, 0.4) is 0 Å². The van der Waals surface area contributed by atoms with Gasteiger partial charge in [0.25, 0.3) is 0 Å². The van der Waals surface area contributed by atoms with E-state index < -0.39 is 11.9 Å². The summed E-state index contributed by atoms with van der Waals surface area (Å²) in [7, 11) is 2.93. The number of nitrogens with one attached hydrogen (secondary N) is 1. The predicted molar refractivity (Wildman–Crippen MR) is 114 cm³/mol. The zero-order valence-electron chi connectivity index (χ0n) is 17.7. The highest BCUT2D eigenvalue weighted by Crippen LogP contribution is 2.46. The van der Waals surface area contributed by atoms with Crippen molar-refractivity contribution in [2.45, 2.75) is 31.6 Å². The molecule has 0 unspecified atom stereocenters. The summed E-state index contributed by atoms with van der Waals surface area (Å²) in [5.41, 5.74) is 3.99. The standard InChI is InChI=1S/C25H24FNO4/c1-14-22(25(29)31-3)23(15-8-10-17(26)11-9-15)24-19(27-14)12-16(13-20(24)28)18-6-4-5-7-21(18)30-2/h4-11,16,23,27H,12-13H2,1-3H3/t16-,23-/m0/s1. The fourth-order valence-electron chi connectivity index (χ4n) is 4.63. The smallest absolute Gasteiger partial charge is 0.336 e. The van der Waals surface area contributed by atoms with Crippen LogP contribution in [0.1, 0.15) is 42.7 Å². The Labute approximate surface area is 180 Å². The first kappa shape index (κ1) is 20.8. The summed E-state index contributed by atoms with van der Waals surface area (Å²) in [4.78, 5) is 26.1. The van der Waals surface area contributed by atoms with Gasteiger partial charge in [0, 0.05) is 35.2 Å². The molecule has 0 saturated carbocycles. The number of halogens is 1. The lowest BCUT2D eigenvalue weighted by Crippen LogP contribution is -2.36. The maximum Gasteiger partial charge on any atom is 0.336 e. The Morgan fingerprint density at radius 3 is 2.45 bits per heavy atom. The molecule has 4 rings (SSSR count). The zero-order valence-corrected chi connectivity index (χ0v) is 17.7. The monoisotopic (exact) mass is 421 g/mol. The van der Waals surface area contributed by atoms with Crippen LogP contribution < -0.4 is 10.1 Å². The summed E-state index contributed by atoms with van der Waals surface area (Å²) < 4.78 is 24.1. The molecule has 1 aliphatic heterocycles. The molecule has 1 heterocycles. The number of hydrogen-bond donors (Lipinski definition) is 1. The number of para-hydroxylation sites is 1. The minimum absolute atomic E-state index is 0.0451. The van der Waals surface area contributed by atoms with Gasteiger partial charge in [-0.25, -0.2) is 9.18 Å². The summed E-state index contributed by atoms with van der Waals surface area (Å²) in [6, 6.07) is 13.6. The van der Waals surface area contributed by atoms with Gasteiger partial charge in [0.2, 0.25) is 0 Å². The normalized spacial score (nSPS) is 20.8. The number of allylic oxidation sites excluding steroid dienone is 3. The number of hydrogen-bond acceptors (Lipinski definition) is 5. The lowest BCUT2D eigenvalue weighted by atomic mass is 9.71. The minimum Gasteiger partial charge on any atom is -0.496 e. The summed E-state index contributed by atoms with van der Waals surface area (Å²) in [5.74, 6) is -0.832. The molecule has 0 amide bonds. The molecule has 2 aromatic carbocycles. The maximum atomic E-state index is 13.6. The van der Waals surface area contributed by atoms with Crippen LogP contribution in [-0.4, -0.2) is 26.0 Å². The summed E-state index contributed by atoms with van der Waals surface area (Å²) >= 11 is 0. The van der Waals surface area contributed by atoms with Crippen molar-refractivity contribution in [2.24, 2.45) is 0 Å². The number of benzene rings is 2. The maximum absolute atomic E-state index is 13.6. The Balaban J connectivity index is 1.81. The third-order valence-corrected chi connectivity index (χ3v) is 6.01. The largest absolute Gasteiger partial charge is 0.496 e. The average Bonchev–Trinajstić information content (AvgIpc) is 2.78. The van der Waals surface area contributed by atoms with E-state index in [1.165, 1.54) is 19.2 Å². The number of ketones is 1. The number of ether oxygens (including phenoxy) is 2. The molecule has 1 aliphatic carbocycles. The summed E-state index contributed by atoms with van der Waals surface area (Å²) in [6.45, 7) is 1.80. The second kappa shape index (κ2) is 8.38.